The largest absolute Gasteiger partial charge is 0.467 e. The highest BCUT2D eigenvalue weighted by Crippen LogP contribution is 2.41. The molecule has 2 N–H and O–H groups in total. The van der Waals surface area contributed by atoms with Gasteiger partial charge in [-0.3, -0.25) is 4.79 Å². The number of hydrogen-bond donors (Lipinski definition) is 1. The van der Waals surface area contributed by atoms with E-state index in [1.807, 2.05) is 0 Å². The first kappa shape index (κ1) is 21.3. The Hall–Kier alpha value is -2.39. The molecule has 12 heteroatoms. The van der Waals surface area contributed by atoms with Gasteiger partial charge in [-0.25, -0.2) is 4.39 Å². The van der Waals surface area contributed by atoms with Crippen molar-refractivity contribution in [3.05, 3.63) is 82.1 Å². The molecule has 0 bridgehead atoms. The van der Waals surface area contributed by atoms with Crippen LogP contribution in [0, 0.1) is 5.82 Å². The van der Waals surface area contributed by atoms with Crippen molar-refractivity contribution in [2.24, 2.45) is 5.73 Å². The normalized spacial score (nSPS) is 19.9. The Morgan fingerprint density at radius 3 is 2.34 bits per heavy atom. The first-order valence-electron chi connectivity index (χ1n) is 7.96. The average Bonchev–Trinajstić information content (AvgIpc) is 2.85. The first-order valence-corrected chi connectivity index (χ1v) is 9.74. The van der Waals surface area contributed by atoms with Gasteiger partial charge in [0, 0.05) is 5.56 Å². The first-order chi connectivity index (χ1) is 13.4. The summed E-state index contributed by atoms with van der Waals surface area (Å²) >= 11 is 5.94. The van der Waals surface area contributed by atoms with Crippen LogP contribution in [0.25, 0.3) is 0 Å². The predicted molar refractivity (Wildman–Crippen MR) is 106 cm³/mol. The monoisotopic (exact) mass is 427 g/mol. The van der Waals surface area contributed by atoms with Gasteiger partial charge in [-0.05, 0) is 17.7 Å². The summed E-state index contributed by atoms with van der Waals surface area (Å²) in [6.07, 6.45) is 0. The van der Waals surface area contributed by atoms with Crippen LogP contribution in [0.15, 0.2) is 60.2 Å². The molecule has 142 valence electrons. The summed E-state index contributed by atoms with van der Waals surface area (Å²) in [6, 6.07) is 10.8. The van der Waals surface area contributed by atoms with Crippen LogP contribution >= 0.6 is 11.6 Å². The fourth-order valence-electron chi connectivity index (χ4n) is 2.66. The Kier molecular flexibility index (Phi) is 5.25. The van der Waals surface area contributed by atoms with Crippen molar-refractivity contribution in [3.8, 4) is 0 Å². The maximum atomic E-state index is 14.3. The van der Waals surface area contributed by atoms with Crippen LogP contribution in [-0.4, -0.2) is 37.7 Å². The van der Waals surface area contributed by atoms with Crippen LogP contribution in [-0.2, 0) is 33.9 Å². The van der Waals surface area contributed by atoms with E-state index in [1.165, 1.54) is 36.4 Å². The molecule has 1 unspecified atom stereocenters. The van der Waals surface area contributed by atoms with Gasteiger partial charge in [0.2, 0.25) is 17.4 Å². The lowest BCUT2D eigenvalue weighted by atomic mass is 9.65. The molecule has 0 aliphatic carbocycles. The second kappa shape index (κ2) is 7.14. The van der Waals surface area contributed by atoms with Crippen molar-refractivity contribution in [2.75, 3.05) is 0 Å². The van der Waals surface area contributed by atoms with Gasteiger partial charge in [0.05, 0.1) is 25.3 Å². The van der Waals surface area contributed by atoms with E-state index in [2.05, 4.69) is 0 Å². The van der Waals surface area contributed by atoms with Crippen LogP contribution in [0.3, 0.4) is 0 Å². The molecular formula is C17H10B3ClFNO5S. The van der Waals surface area contributed by atoms with Crippen molar-refractivity contribution < 1.29 is 26.5 Å². The molecule has 0 spiro atoms. The van der Waals surface area contributed by atoms with Gasteiger partial charge in [-0.2, -0.15) is 8.42 Å². The van der Waals surface area contributed by atoms with Gasteiger partial charge in [0.1, 0.15) is 5.82 Å². The van der Waals surface area contributed by atoms with Crippen molar-refractivity contribution in [3.63, 3.8) is 0 Å². The molecule has 0 saturated carbocycles. The number of Topliss-reactive ketones (excluding diaryl/α,β-unsaturated/α-hetero) is 1. The third-order valence-electron chi connectivity index (χ3n) is 4.20. The lowest BCUT2D eigenvalue weighted by Gasteiger charge is -2.27. The van der Waals surface area contributed by atoms with Gasteiger partial charge in [-0.1, -0.05) is 48.0 Å². The minimum Gasteiger partial charge on any atom is -0.467 e. The smallest absolute Gasteiger partial charge is 0.302 e. The molecule has 0 saturated heterocycles. The van der Waals surface area contributed by atoms with E-state index in [0.717, 1.165) is 6.07 Å². The van der Waals surface area contributed by atoms with E-state index in [0.29, 0.717) is 0 Å². The summed E-state index contributed by atoms with van der Waals surface area (Å²) in [5.41, 5.74) is 2.48. The Labute approximate surface area is 175 Å². The SMILES string of the molecule is [B]C1(c2c(F)cccc2Cl)OC(N)=C(OS(=O)(=O)C([B])([B])c2ccccc2)C1=O. The highest BCUT2D eigenvalue weighted by Gasteiger charge is 2.52. The van der Waals surface area contributed by atoms with E-state index in [9.17, 15) is 17.6 Å². The summed E-state index contributed by atoms with van der Waals surface area (Å²) in [5.74, 6) is -4.05. The molecular weight excluding hydrogens is 417 g/mol. The Morgan fingerprint density at radius 2 is 1.76 bits per heavy atom. The lowest BCUT2D eigenvalue weighted by Crippen LogP contribution is -2.40. The third-order valence-corrected chi connectivity index (χ3v) is 5.97. The van der Waals surface area contributed by atoms with E-state index in [1.54, 1.807) is 6.07 Å². The minimum atomic E-state index is -4.88. The van der Waals surface area contributed by atoms with Crippen LogP contribution < -0.4 is 5.73 Å². The summed E-state index contributed by atoms with van der Waals surface area (Å²) in [6.45, 7) is 0. The molecule has 6 radical (unpaired) electrons. The number of ether oxygens (including phenoxy) is 1. The van der Waals surface area contributed by atoms with E-state index < -0.39 is 49.0 Å². The van der Waals surface area contributed by atoms with E-state index in [4.69, 9.17) is 49.8 Å². The van der Waals surface area contributed by atoms with Crippen molar-refractivity contribution >= 4 is 51.0 Å². The van der Waals surface area contributed by atoms with Gasteiger partial charge in [0.25, 0.3) is 0 Å². The van der Waals surface area contributed by atoms with Crippen LogP contribution in [0.1, 0.15) is 11.1 Å². The minimum absolute atomic E-state index is 0.0262. The number of benzene rings is 2. The molecule has 29 heavy (non-hydrogen) atoms. The fraction of sp³-hybridized carbons (Fsp3) is 0.118. The number of ketones is 1. The summed E-state index contributed by atoms with van der Waals surface area (Å²) in [5, 5.41) is -0.242. The van der Waals surface area contributed by atoms with Gasteiger partial charge >= 0.3 is 10.1 Å². The van der Waals surface area contributed by atoms with E-state index in [-0.39, 0.29) is 10.6 Å². The van der Waals surface area contributed by atoms with Crippen molar-refractivity contribution in [2.45, 2.75) is 10.0 Å². The molecule has 0 aromatic heterocycles. The summed E-state index contributed by atoms with van der Waals surface area (Å²) < 4.78 is 46.9. The van der Waals surface area contributed by atoms with Crippen molar-refractivity contribution in [1.82, 2.24) is 0 Å². The zero-order valence-electron chi connectivity index (χ0n) is 14.6. The molecule has 1 atom stereocenters. The highest BCUT2D eigenvalue weighted by molar-refractivity contribution is 7.90. The number of halogens is 2. The highest BCUT2D eigenvalue weighted by atomic mass is 35.5. The Balaban J connectivity index is 1.99. The maximum Gasteiger partial charge on any atom is 0.302 e. The predicted octanol–water partition coefficient (Wildman–Crippen LogP) is 1.02. The number of carbonyl (C=O) groups excluding carboxylic acids is 1. The molecule has 2 aromatic rings. The van der Waals surface area contributed by atoms with Gasteiger partial charge in [-0.15, -0.1) is 0 Å². The number of carbonyl (C=O) groups is 1. The summed E-state index contributed by atoms with van der Waals surface area (Å²) in [7, 11) is 12.5. The molecule has 1 heterocycles. The summed E-state index contributed by atoms with van der Waals surface area (Å²) in [4.78, 5) is 12.8. The van der Waals surface area contributed by atoms with E-state index >= 15 is 0 Å². The lowest BCUT2D eigenvalue weighted by molar-refractivity contribution is -0.126. The van der Waals surface area contributed by atoms with Gasteiger partial charge < -0.3 is 14.7 Å². The zero-order chi connectivity index (χ0) is 21.6. The molecule has 1 aliphatic heterocycles. The van der Waals surface area contributed by atoms with Crippen LogP contribution in [0.2, 0.25) is 5.02 Å². The number of hydrogen-bond acceptors (Lipinski definition) is 6. The van der Waals surface area contributed by atoms with Crippen molar-refractivity contribution in [1.29, 1.82) is 0 Å². The Bertz CT molecular complexity index is 1110. The zero-order valence-corrected chi connectivity index (χ0v) is 16.2. The quantitative estimate of drug-likeness (QED) is 0.566. The standard InChI is InChI=1S/C17H10B3ClFNO5S/c18-16(12-10(21)7-4-8-11(12)22)14(24)13(15(23)27-16)28-29(25,26)17(19,20)9-5-2-1-3-6-9/h1-8H,23H2. The molecule has 6 nitrogen and oxygen atoms in total. The number of nitrogens with two attached hydrogens (primary N) is 1. The molecule has 0 fully saturated rings. The molecule has 3 rings (SSSR count). The van der Waals surface area contributed by atoms with Gasteiger partial charge in [0.15, 0.2) is 13.3 Å². The number of rotatable bonds is 5. The molecule has 1 aliphatic rings. The Morgan fingerprint density at radius 1 is 1.14 bits per heavy atom. The second-order valence-electron chi connectivity index (χ2n) is 6.15. The third kappa shape index (κ3) is 3.42. The molecule has 0 amide bonds. The fourth-order valence-corrected chi connectivity index (χ4v) is 3.91. The van der Waals surface area contributed by atoms with Crippen LogP contribution in [0.5, 0.6) is 0 Å². The average molecular weight is 427 g/mol. The van der Waals surface area contributed by atoms with Crippen LogP contribution in [0.4, 0.5) is 4.39 Å². The maximum absolute atomic E-state index is 14.3. The molecule has 2 aromatic carbocycles. The topological polar surface area (TPSA) is 95.7 Å². The second-order valence-corrected chi connectivity index (χ2v) is 8.31.